The van der Waals surface area contributed by atoms with E-state index in [4.69, 9.17) is 21.4 Å². The van der Waals surface area contributed by atoms with Crippen molar-refractivity contribution < 1.29 is 14.3 Å². The minimum Gasteiger partial charge on any atom is -0.444 e. The number of aromatic nitrogens is 2. The van der Waals surface area contributed by atoms with Crippen LogP contribution >= 0.6 is 34.3 Å². The molecule has 3 aromatic heterocycles. The number of halogens is 1. The molecule has 4 heterocycles. The van der Waals surface area contributed by atoms with Crippen LogP contribution in [0.15, 0.2) is 35.0 Å². The first-order chi connectivity index (χ1) is 16.0. The topological polar surface area (TPSA) is 76.5 Å². The summed E-state index contributed by atoms with van der Waals surface area (Å²) in [6.45, 7) is 9.34. The molecule has 7 nitrogen and oxygen atoms in total. The number of ether oxygens (including phenoxy) is 1. The van der Waals surface area contributed by atoms with Gasteiger partial charge in [0.2, 0.25) is 0 Å². The van der Waals surface area contributed by atoms with Crippen LogP contribution in [0.2, 0.25) is 4.34 Å². The van der Waals surface area contributed by atoms with Gasteiger partial charge < -0.3 is 15.0 Å². The highest BCUT2D eigenvalue weighted by molar-refractivity contribution is 7.16. The zero-order chi connectivity index (χ0) is 24.5. The third-order valence-electron chi connectivity index (χ3n) is 5.71. The molecule has 1 unspecified atom stereocenters. The Labute approximate surface area is 212 Å². The average molecular weight is 521 g/mol. The highest BCUT2D eigenvalue weighted by Crippen LogP contribution is 2.35. The third kappa shape index (κ3) is 5.64. The van der Waals surface area contributed by atoms with Gasteiger partial charge in [0.25, 0.3) is 5.91 Å². The molecular weight excluding hydrogens is 492 g/mol. The maximum atomic E-state index is 13.2. The molecule has 1 N–H and O–H groups in total. The van der Waals surface area contributed by atoms with Crippen LogP contribution in [0.5, 0.6) is 0 Å². The van der Waals surface area contributed by atoms with Crippen molar-refractivity contribution in [2.75, 3.05) is 18.4 Å². The van der Waals surface area contributed by atoms with E-state index in [9.17, 15) is 9.59 Å². The van der Waals surface area contributed by atoms with Crippen LogP contribution in [0.3, 0.4) is 0 Å². The molecule has 1 atom stereocenters. The molecule has 1 aliphatic heterocycles. The Morgan fingerprint density at radius 3 is 2.74 bits per heavy atom. The van der Waals surface area contributed by atoms with Crippen LogP contribution in [-0.2, 0) is 16.7 Å². The van der Waals surface area contributed by atoms with Gasteiger partial charge in [0.15, 0.2) is 0 Å². The Morgan fingerprint density at radius 2 is 2.09 bits per heavy atom. The molecular formula is C24H29ClN4O3S2. The Balaban J connectivity index is 1.61. The summed E-state index contributed by atoms with van der Waals surface area (Å²) >= 11 is 9.04. The largest absolute Gasteiger partial charge is 0.444 e. The second-order valence-corrected chi connectivity index (χ2v) is 12.3. The summed E-state index contributed by atoms with van der Waals surface area (Å²) in [6, 6.07) is 7.54. The van der Waals surface area contributed by atoms with Crippen molar-refractivity contribution in [3.8, 4) is 0 Å². The molecule has 0 saturated carbocycles. The lowest BCUT2D eigenvalue weighted by Gasteiger charge is -2.39. The summed E-state index contributed by atoms with van der Waals surface area (Å²) < 4.78 is 7.75. The average Bonchev–Trinajstić information content (AvgIpc) is 3.51. The number of amides is 1. The number of carbonyl (C=O) groups is 2. The first kappa shape index (κ1) is 24.8. The monoisotopic (exact) mass is 520 g/mol. The molecule has 10 heteroatoms. The Hall–Kier alpha value is -2.36. The van der Waals surface area contributed by atoms with Gasteiger partial charge in [-0.15, -0.1) is 11.3 Å². The van der Waals surface area contributed by atoms with Crippen molar-refractivity contribution in [3.05, 3.63) is 55.5 Å². The molecule has 1 aliphatic rings. The number of nitrogens with zero attached hydrogens (tertiary/aromatic N) is 3. The minimum absolute atomic E-state index is 0.192. The van der Waals surface area contributed by atoms with Gasteiger partial charge >= 0.3 is 6.09 Å². The molecule has 34 heavy (non-hydrogen) atoms. The Kier molecular flexibility index (Phi) is 7.07. The molecule has 0 aromatic carbocycles. The van der Waals surface area contributed by atoms with Gasteiger partial charge in [0.05, 0.1) is 22.1 Å². The minimum atomic E-state index is -0.554. The molecule has 1 saturated heterocycles. The fourth-order valence-electron chi connectivity index (χ4n) is 4.02. The van der Waals surface area contributed by atoms with Gasteiger partial charge in [-0.25, -0.2) is 4.79 Å². The summed E-state index contributed by atoms with van der Waals surface area (Å²) in [4.78, 5) is 28.8. The van der Waals surface area contributed by atoms with Crippen LogP contribution in [0.25, 0.3) is 0 Å². The number of anilines is 1. The van der Waals surface area contributed by atoms with E-state index in [0.717, 1.165) is 27.7 Å². The first-order valence-corrected chi connectivity index (χ1v) is 13.3. The van der Waals surface area contributed by atoms with Crippen molar-refractivity contribution >= 4 is 52.1 Å². The van der Waals surface area contributed by atoms with Gasteiger partial charge in [-0.3, -0.25) is 4.79 Å². The van der Waals surface area contributed by atoms with Gasteiger partial charge in [0, 0.05) is 34.8 Å². The van der Waals surface area contributed by atoms with Crippen LogP contribution < -0.4 is 5.32 Å². The van der Waals surface area contributed by atoms with Crippen molar-refractivity contribution in [2.45, 2.75) is 58.1 Å². The van der Waals surface area contributed by atoms with E-state index >= 15 is 0 Å². The van der Waals surface area contributed by atoms with Gasteiger partial charge in [-0.2, -0.15) is 21.1 Å². The molecule has 0 bridgehead atoms. The molecule has 0 radical (unpaired) electrons. The van der Waals surface area contributed by atoms with E-state index in [-0.39, 0.29) is 12.0 Å². The molecule has 0 spiro atoms. The van der Waals surface area contributed by atoms with E-state index in [2.05, 4.69) is 12.2 Å². The predicted molar refractivity (Wildman–Crippen MR) is 137 cm³/mol. The summed E-state index contributed by atoms with van der Waals surface area (Å²) in [7, 11) is 0. The lowest BCUT2D eigenvalue weighted by atomic mass is 9.79. The summed E-state index contributed by atoms with van der Waals surface area (Å²) in [5.74, 6) is 0.425. The van der Waals surface area contributed by atoms with Crippen molar-refractivity contribution in [2.24, 2.45) is 0 Å². The molecule has 0 aliphatic carbocycles. The SMILES string of the molecule is CC(C)(C)OC(=O)N1CCCC(C)(c2cc(NCc3ccc(Cl)s3)n(C(=O)c3ccsc3)n2)C1. The van der Waals surface area contributed by atoms with E-state index in [1.165, 1.54) is 27.4 Å². The lowest BCUT2D eigenvalue weighted by Crippen LogP contribution is -2.48. The Morgan fingerprint density at radius 1 is 1.29 bits per heavy atom. The smallest absolute Gasteiger partial charge is 0.410 e. The fourth-order valence-corrected chi connectivity index (χ4v) is 5.68. The van der Waals surface area contributed by atoms with Crippen LogP contribution in [0.1, 0.15) is 61.5 Å². The van der Waals surface area contributed by atoms with Crippen LogP contribution in [-0.4, -0.2) is 45.4 Å². The number of hydrogen-bond acceptors (Lipinski definition) is 7. The number of rotatable bonds is 5. The standard InChI is InChI=1S/C24H29ClN4O3S2/c1-23(2,3)32-22(31)28-10-5-9-24(4,15-28)18-12-20(26-13-17-6-7-19(25)34-17)29(27-18)21(30)16-8-11-33-14-16/h6-8,11-12,14,26H,5,9-10,13,15H2,1-4H3. The zero-order valence-electron chi connectivity index (χ0n) is 19.8. The number of piperidine rings is 1. The number of hydrogen-bond donors (Lipinski definition) is 1. The summed E-state index contributed by atoms with van der Waals surface area (Å²) in [6.07, 6.45) is 1.37. The number of thiophene rings is 2. The van der Waals surface area contributed by atoms with Crippen molar-refractivity contribution in [3.63, 3.8) is 0 Å². The van der Waals surface area contributed by atoms with Gasteiger partial charge in [-0.05, 0) is 57.2 Å². The molecule has 1 amide bonds. The second kappa shape index (κ2) is 9.71. The second-order valence-electron chi connectivity index (χ2n) is 9.77. The quantitative estimate of drug-likeness (QED) is 0.430. The number of nitrogens with one attached hydrogen (secondary N) is 1. The van der Waals surface area contributed by atoms with E-state index < -0.39 is 11.0 Å². The van der Waals surface area contributed by atoms with Crippen molar-refractivity contribution in [1.29, 1.82) is 0 Å². The molecule has 4 rings (SSSR count). The summed E-state index contributed by atoms with van der Waals surface area (Å²) in [5, 5.41) is 11.8. The van der Waals surface area contributed by atoms with Gasteiger partial charge in [-0.1, -0.05) is 18.5 Å². The molecule has 182 valence electrons. The Bertz CT molecular complexity index is 1170. The maximum absolute atomic E-state index is 13.2. The van der Waals surface area contributed by atoms with Gasteiger partial charge in [0.1, 0.15) is 11.4 Å². The third-order valence-corrected chi connectivity index (χ3v) is 7.62. The molecule has 1 fully saturated rings. The number of carbonyl (C=O) groups excluding carboxylic acids is 2. The van der Waals surface area contributed by atoms with E-state index in [1.807, 2.05) is 49.7 Å². The highest BCUT2D eigenvalue weighted by atomic mass is 35.5. The highest BCUT2D eigenvalue weighted by Gasteiger charge is 2.39. The van der Waals surface area contributed by atoms with Crippen LogP contribution in [0.4, 0.5) is 10.6 Å². The normalized spacial score (nSPS) is 18.7. The fraction of sp³-hybridized carbons (Fsp3) is 0.458. The first-order valence-electron chi connectivity index (χ1n) is 11.2. The maximum Gasteiger partial charge on any atom is 0.410 e. The molecule has 3 aromatic rings. The number of likely N-dealkylation sites (tertiary alicyclic amines) is 1. The lowest BCUT2D eigenvalue weighted by molar-refractivity contribution is 0.0143. The van der Waals surface area contributed by atoms with Crippen LogP contribution in [0, 0.1) is 0 Å². The summed E-state index contributed by atoms with van der Waals surface area (Å²) in [5.41, 5.74) is 0.404. The zero-order valence-corrected chi connectivity index (χ0v) is 22.1. The van der Waals surface area contributed by atoms with E-state index in [1.54, 1.807) is 11.0 Å². The van der Waals surface area contributed by atoms with Crippen molar-refractivity contribution in [1.82, 2.24) is 14.7 Å². The predicted octanol–water partition coefficient (Wildman–Crippen LogP) is 6.25. The van der Waals surface area contributed by atoms with E-state index in [0.29, 0.717) is 31.0 Å².